The van der Waals surface area contributed by atoms with Crippen LogP contribution >= 0.6 is 0 Å². The van der Waals surface area contributed by atoms with Gasteiger partial charge < -0.3 is 14.2 Å². The number of carbonyl (C=O) groups excluding carboxylic acids is 1. The van der Waals surface area contributed by atoms with E-state index in [0.717, 1.165) is 16.9 Å². The molecule has 1 aliphatic rings. The average Bonchev–Trinajstić information content (AvgIpc) is 3.05. The predicted molar refractivity (Wildman–Crippen MR) is 88.0 cm³/mol. The second kappa shape index (κ2) is 7.31. The zero-order chi connectivity index (χ0) is 15.9. The molecular formula is C19H16O4. The fourth-order valence-corrected chi connectivity index (χ4v) is 2.11. The maximum Gasteiger partial charge on any atom is 0.331 e. The number of esters is 1. The summed E-state index contributed by atoms with van der Waals surface area (Å²) in [5, 5.41) is 0. The van der Waals surface area contributed by atoms with Crippen molar-refractivity contribution in [1.29, 1.82) is 0 Å². The van der Waals surface area contributed by atoms with Crippen molar-refractivity contribution in [3.8, 4) is 11.5 Å². The highest BCUT2D eigenvalue weighted by Crippen LogP contribution is 2.32. The highest BCUT2D eigenvalue weighted by molar-refractivity contribution is 5.87. The van der Waals surface area contributed by atoms with Crippen LogP contribution in [0.4, 0.5) is 0 Å². The SMILES string of the molecule is O=C(/C=C/c1ccc2c(c1)OCO2)OC/C=C/c1ccccc1. The minimum absolute atomic E-state index is 0.234. The lowest BCUT2D eigenvalue weighted by molar-refractivity contribution is -0.136. The first-order chi connectivity index (χ1) is 11.3. The van der Waals surface area contributed by atoms with Crippen LogP contribution in [0.5, 0.6) is 11.5 Å². The van der Waals surface area contributed by atoms with Gasteiger partial charge in [-0.25, -0.2) is 4.79 Å². The molecule has 0 bridgehead atoms. The third-order valence-electron chi connectivity index (χ3n) is 3.24. The third-order valence-corrected chi connectivity index (χ3v) is 3.24. The number of ether oxygens (including phenoxy) is 3. The van der Waals surface area contributed by atoms with Crippen molar-refractivity contribution in [3.63, 3.8) is 0 Å². The average molecular weight is 308 g/mol. The molecule has 0 atom stereocenters. The van der Waals surface area contributed by atoms with E-state index in [9.17, 15) is 4.79 Å². The molecule has 23 heavy (non-hydrogen) atoms. The van der Waals surface area contributed by atoms with E-state index in [-0.39, 0.29) is 19.4 Å². The lowest BCUT2D eigenvalue weighted by Gasteiger charge is -1.99. The Kier molecular flexibility index (Phi) is 4.74. The van der Waals surface area contributed by atoms with Gasteiger partial charge in [-0.2, -0.15) is 0 Å². The topological polar surface area (TPSA) is 44.8 Å². The molecule has 0 aliphatic carbocycles. The maximum absolute atomic E-state index is 11.7. The lowest BCUT2D eigenvalue weighted by atomic mass is 10.2. The summed E-state index contributed by atoms with van der Waals surface area (Å²) in [5.41, 5.74) is 1.92. The van der Waals surface area contributed by atoms with Crippen LogP contribution in [0, 0.1) is 0 Å². The Morgan fingerprint density at radius 2 is 1.83 bits per heavy atom. The first kappa shape index (κ1) is 14.9. The largest absolute Gasteiger partial charge is 0.458 e. The molecule has 4 nitrogen and oxygen atoms in total. The van der Waals surface area contributed by atoms with Crippen LogP contribution in [-0.4, -0.2) is 19.4 Å². The minimum atomic E-state index is -0.389. The van der Waals surface area contributed by atoms with E-state index in [2.05, 4.69) is 0 Å². The number of carbonyl (C=O) groups is 1. The van der Waals surface area contributed by atoms with Crippen LogP contribution in [0.3, 0.4) is 0 Å². The molecule has 116 valence electrons. The number of hydrogen-bond acceptors (Lipinski definition) is 4. The van der Waals surface area contributed by atoms with Crippen LogP contribution in [0.2, 0.25) is 0 Å². The Morgan fingerprint density at radius 3 is 2.70 bits per heavy atom. The molecule has 0 aromatic heterocycles. The first-order valence-electron chi connectivity index (χ1n) is 7.27. The molecule has 0 amide bonds. The third kappa shape index (κ3) is 4.23. The molecular weight excluding hydrogens is 292 g/mol. The van der Waals surface area contributed by atoms with Crippen molar-refractivity contribution in [1.82, 2.24) is 0 Å². The Balaban J connectivity index is 1.48. The molecule has 0 N–H and O–H groups in total. The second-order valence-corrected chi connectivity index (χ2v) is 4.89. The van der Waals surface area contributed by atoms with E-state index < -0.39 is 0 Å². The van der Waals surface area contributed by atoms with Gasteiger partial charge in [0, 0.05) is 6.08 Å². The summed E-state index contributed by atoms with van der Waals surface area (Å²) in [6.45, 7) is 0.470. The van der Waals surface area contributed by atoms with Gasteiger partial charge in [-0.05, 0) is 35.4 Å². The van der Waals surface area contributed by atoms with Gasteiger partial charge in [0.05, 0.1) is 0 Å². The molecule has 0 spiro atoms. The summed E-state index contributed by atoms with van der Waals surface area (Å²) in [5.74, 6) is 1.02. The van der Waals surface area contributed by atoms with E-state index in [1.54, 1.807) is 6.08 Å². The van der Waals surface area contributed by atoms with Crippen molar-refractivity contribution in [2.75, 3.05) is 13.4 Å². The first-order valence-corrected chi connectivity index (χ1v) is 7.27. The Labute approximate surface area is 134 Å². The monoisotopic (exact) mass is 308 g/mol. The van der Waals surface area contributed by atoms with Crippen molar-refractivity contribution in [2.24, 2.45) is 0 Å². The van der Waals surface area contributed by atoms with E-state index in [1.165, 1.54) is 6.08 Å². The number of rotatable bonds is 5. The smallest absolute Gasteiger partial charge is 0.331 e. The standard InChI is InChI=1S/C19H16O4/c20-19(21-12-4-7-15-5-2-1-3-6-15)11-9-16-8-10-17-18(13-16)23-14-22-17/h1-11,13H,12,14H2/b7-4+,11-9+. The molecule has 0 saturated heterocycles. The number of benzene rings is 2. The van der Waals surface area contributed by atoms with Crippen LogP contribution in [-0.2, 0) is 9.53 Å². The zero-order valence-corrected chi connectivity index (χ0v) is 12.5. The van der Waals surface area contributed by atoms with Gasteiger partial charge in [-0.15, -0.1) is 0 Å². The van der Waals surface area contributed by atoms with Gasteiger partial charge in [0.25, 0.3) is 0 Å². The van der Waals surface area contributed by atoms with Gasteiger partial charge >= 0.3 is 5.97 Å². The summed E-state index contributed by atoms with van der Waals surface area (Å²) in [6.07, 6.45) is 6.80. The normalized spacial score (nSPS) is 12.9. The van der Waals surface area contributed by atoms with Crippen LogP contribution in [0.25, 0.3) is 12.2 Å². The molecule has 2 aromatic carbocycles. The van der Waals surface area contributed by atoms with Gasteiger partial charge in [0.15, 0.2) is 11.5 Å². The van der Waals surface area contributed by atoms with E-state index in [1.807, 2.05) is 60.7 Å². The summed E-state index contributed by atoms with van der Waals surface area (Å²) in [6, 6.07) is 15.3. The van der Waals surface area contributed by atoms with Crippen LogP contribution in [0.1, 0.15) is 11.1 Å². The Hall–Kier alpha value is -3.01. The van der Waals surface area contributed by atoms with Crippen molar-refractivity contribution in [2.45, 2.75) is 0 Å². The van der Waals surface area contributed by atoms with Gasteiger partial charge in [-0.1, -0.05) is 42.5 Å². The highest BCUT2D eigenvalue weighted by atomic mass is 16.7. The molecule has 3 rings (SSSR count). The van der Waals surface area contributed by atoms with Crippen molar-refractivity contribution in [3.05, 3.63) is 71.8 Å². The molecule has 1 aliphatic heterocycles. The second-order valence-electron chi connectivity index (χ2n) is 4.89. The molecule has 1 heterocycles. The maximum atomic E-state index is 11.7. The fraction of sp³-hybridized carbons (Fsp3) is 0.105. The molecule has 0 radical (unpaired) electrons. The Morgan fingerprint density at radius 1 is 1.00 bits per heavy atom. The van der Waals surface area contributed by atoms with Gasteiger partial charge in [-0.3, -0.25) is 0 Å². The molecule has 0 unspecified atom stereocenters. The lowest BCUT2D eigenvalue weighted by Crippen LogP contribution is -1.99. The van der Waals surface area contributed by atoms with E-state index in [0.29, 0.717) is 5.75 Å². The highest BCUT2D eigenvalue weighted by Gasteiger charge is 2.12. The van der Waals surface area contributed by atoms with Crippen LogP contribution < -0.4 is 9.47 Å². The Bertz CT molecular complexity index is 732. The summed E-state index contributed by atoms with van der Waals surface area (Å²) in [4.78, 5) is 11.7. The summed E-state index contributed by atoms with van der Waals surface area (Å²) >= 11 is 0. The predicted octanol–water partition coefficient (Wildman–Crippen LogP) is 3.69. The quantitative estimate of drug-likeness (QED) is 0.624. The molecule has 0 saturated carbocycles. The summed E-state index contributed by atoms with van der Waals surface area (Å²) < 4.78 is 15.6. The van der Waals surface area contributed by atoms with Crippen LogP contribution in [0.15, 0.2) is 60.7 Å². The van der Waals surface area contributed by atoms with Crippen molar-refractivity contribution >= 4 is 18.1 Å². The van der Waals surface area contributed by atoms with Crippen molar-refractivity contribution < 1.29 is 19.0 Å². The molecule has 2 aromatic rings. The van der Waals surface area contributed by atoms with E-state index >= 15 is 0 Å². The van der Waals surface area contributed by atoms with Gasteiger partial charge in [0.1, 0.15) is 6.61 Å². The molecule has 0 fully saturated rings. The zero-order valence-electron chi connectivity index (χ0n) is 12.5. The number of fused-ring (bicyclic) bond motifs is 1. The molecule has 4 heteroatoms. The fourth-order valence-electron chi connectivity index (χ4n) is 2.11. The minimum Gasteiger partial charge on any atom is -0.458 e. The van der Waals surface area contributed by atoms with E-state index in [4.69, 9.17) is 14.2 Å². The van der Waals surface area contributed by atoms with Gasteiger partial charge in [0.2, 0.25) is 6.79 Å². The number of hydrogen-bond donors (Lipinski definition) is 0. The summed E-state index contributed by atoms with van der Waals surface area (Å²) in [7, 11) is 0.